The van der Waals surface area contributed by atoms with Gasteiger partial charge in [0.05, 0.1) is 0 Å². The van der Waals surface area contributed by atoms with Crippen molar-refractivity contribution in [1.82, 2.24) is 15.5 Å². The zero-order chi connectivity index (χ0) is 14.8. The molecular weight excluding hydrogens is 322 g/mol. The van der Waals surface area contributed by atoms with Gasteiger partial charge in [-0.05, 0) is 37.8 Å². The smallest absolute Gasteiger partial charge is 0.248 e. The quantitative estimate of drug-likeness (QED) is 0.856. The topological polar surface area (TPSA) is 61.4 Å². The second kappa shape index (κ2) is 7.44. The highest BCUT2D eigenvalue weighted by Crippen LogP contribution is 2.30. The maximum Gasteiger partial charge on any atom is 0.248 e. The molecule has 2 aliphatic rings. The van der Waals surface area contributed by atoms with Crippen LogP contribution in [0.4, 0.5) is 0 Å². The summed E-state index contributed by atoms with van der Waals surface area (Å²) >= 11 is 1.53. The number of hydrogen-bond acceptors (Lipinski definition) is 4. The summed E-state index contributed by atoms with van der Waals surface area (Å²) in [6, 6.07) is 3.78. The van der Waals surface area contributed by atoms with Gasteiger partial charge in [0, 0.05) is 29.9 Å². The number of nitrogens with one attached hydrogen (secondary N) is 2. The van der Waals surface area contributed by atoms with Crippen LogP contribution in [0.5, 0.6) is 0 Å². The minimum atomic E-state index is -0.448. The number of piperidine rings is 1. The Morgan fingerprint density at radius 1 is 1.41 bits per heavy atom. The first-order chi connectivity index (χ1) is 10.2. The molecule has 3 heterocycles. The van der Waals surface area contributed by atoms with E-state index in [1.54, 1.807) is 4.90 Å². The maximum atomic E-state index is 12.9. The molecule has 22 heavy (non-hydrogen) atoms. The maximum absolute atomic E-state index is 12.9. The van der Waals surface area contributed by atoms with E-state index in [2.05, 4.69) is 17.6 Å². The van der Waals surface area contributed by atoms with Gasteiger partial charge < -0.3 is 15.5 Å². The lowest BCUT2D eigenvalue weighted by Gasteiger charge is -2.38. The Bertz CT molecular complexity index is 523. The molecule has 1 unspecified atom stereocenters. The molecular formula is C15H22ClN3O2S. The van der Waals surface area contributed by atoms with E-state index in [0.29, 0.717) is 19.1 Å². The molecule has 0 spiro atoms. The molecule has 0 radical (unpaired) electrons. The van der Waals surface area contributed by atoms with Crippen molar-refractivity contribution >= 4 is 35.6 Å². The summed E-state index contributed by atoms with van der Waals surface area (Å²) in [4.78, 5) is 27.8. The Balaban J connectivity index is 0.00000176. The monoisotopic (exact) mass is 343 g/mol. The summed E-state index contributed by atoms with van der Waals surface area (Å²) in [5.41, 5.74) is 0. The number of piperazine rings is 1. The molecule has 7 heteroatoms. The van der Waals surface area contributed by atoms with Crippen LogP contribution in [0.2, 0.25) is 0 Å². The van der Waals surface area contributed by atoms with Crippen LogP contribution in [0.15, 0.2) is 17.5 Å². The van der Waals surface area contributed by atoms with Gasteiger partial charge in [-0.1, -0.05) is 6.07 Å². The molecule has 2 saturated heterocycles. The molecule has 0 saturated carbocycles. The summed E-state index contributed by atoms with van der Waals surface area (Å²) in [5, 5.41) is 8.20. The van der Waals surface area contributed by atoms with Crippen LogP contribution in [0, 0.1) is 5.92 Å². The molecule has 3 atom stereocenters. The van der Waals surface area contributed by atoms with E-state index >= 15 is 0 Å². The second-order valence-electron chi connectivity index (χ2n) is 5.82. The molecule has 2 amide bonds. The van der Waals surface area contributed by atoms with Crippen molar-refractivity contribution in [2.24, 2.45) is 5.92 Å². The van der Waals surface area contributed by atoms with Crippen LogP contribution < -0.4 is 10.6 Å². The van der Waals surface area contributed by atoms with E-state index in [1.807, 2.05) is 17.5 Å². The second-order valence-corrected chi connectivity index (χ2v) is 6.80. The minimum absolute atomic E-state index is 0. The Hall–Kier alpha value is -1.11. The van der Waals surface area contributed by atoms with Crippen molar-refractivity contribution in [2.45, 2.75) is 31.8 Å². The van der Waals surface area contributed by atoms with E-state index in [-0.39, 0.29) is 30.1 Å². The average molecular weight is 344 g/mol. The van der Waals surface area contributed by atoms with Gasteiger partial charge in [-0.25, -0.2) is 0 Å². The molecule has 2 fully saturated rings. The molecule has 0 aliphatic carbocycles. The van der Waals surface area contributed by atoms with E-state index in [1.165, 1.54) is 11.3 Å². The fourth-order valence-electron chi connectivity index (χ4n) is 3.22. The standard InChI is InChI=1S/C15H21N3O2S.ClH/c1-10-9-11(4-5-16-10)15(20)18-7-6-17-14(19)13(18)12-3-2-8-21-12;/h2-3,8,10-11,13,16H,4-7,9H2,1H3,(H,17,19);1H/t10-,11-,13?;/m0./s1. The molecule has 2 aliphatic heterocycles. The summed E-state index contributed by atoms with van der Waals surface area (Å²) in [6.45, 7) is 4.14. The van der Waals surface area contributed by atoms with Crippen LogP contribution in [-0.2, 0) is 9.59 Å². The van der Waals surface area contributed by atoms with Crippen molar-refractivity contribution in [3.05, 3.63) is 22.4 Å². The van der Waals surface area contributed by atoms with Gasteiger partial charge >= 0.3 is 0 Å². The van der Waals surface area contributed by atoms with Crippen molar-refractivity contribution in [1.29, 1.82) is 0 Å². The predicted octanol–water partition coefficient (Wildman–Crippen LogP) is 1.56. The van der Waals surface area contributed by atoms with Gasteiger partial charge in [0.2, 0.25) is 11.8 Å². The van der Waals surface area contributed by atoms with Crippen LogP contribution in [0.25, 0.3) is 0 Å². The number of carbonyl (C=O) groups is 2. The van der Waals surface area contributed by atoms with Gasteiger partial charge in [0.25, 0.3) is 0 Å². The summed E-state index contributed by atoms with van der Waals surface area (Å²) in [7, 11) is 0. The number of halogens is 1. The van der Waals surface area contributed by atoms with Gasteiger partial charge in [-0.2, -0.15) is 0 Å². The minimum Gasteiger partial charge on any atom is -0.352 e. The molecule has 0 bridgehead atoms. The Morgan fingerprint density at radius 2 is 2.23 bits per heavy atom. The highest BCUT2D eigenvalue weighted by atomic mass is 35.5. The Labute approximate surface area is 140 Å². The lowest BCUT2D eigenvalue weighted by Crippen LogP contribution is -2.54. The SMILES string of the molecule is C[C@H]1C[C@@H](C(=O)N2CCNC(=O)C2c2cccs2)CCN1.Cl. The van der Waals surface area contributed by atoms with Crippen molar-refractivity contribution in [3.8, 4) is 0 Å². The molecule has 1 aromatic rings. The molecule has 2 N–H and O–H groups in total. The zero-order valence-electron chi connectivity index (χ0n) is 12.6. The lowest BCUT2D eigenvalue weighted by atomic mass is 9.91. The average Bonchev–Trinajstić information content (AvgIpc) is 3.00. The van der Waals surface area contributed by atoms with Gasteiger partial charge in [0.1, 0.15) is 6.04 Å². The third kappa shape index (κ3) is 3.45. The first-order valence-corrected chi connectivity index (χ1v) is 8.40. The van der Waals surface area contributed by atoms with Gasteiger partial charge in [0.15, 0.2) is 0 Å². The molecule has 5 nitrogen and oxygen atoms in total. The predicted molar refractivity (Wildman–Crippen MR) is 89.2 cm³/mol. The van der Waals surface area contributed by atoms with Crippen LogP contribution in [0.1, 0.15) is 30.7 Å². The Kier molecular flexibility index (Phi) is 5.83. The van der Waals surface area contributed by atoms with Crippen molar-refractivity contribution in [2.75, 3.05) is 19.6 Å². The van der Waals surface area contributed by atoms with Crippen LogP contribution in [-0.4, -0.2) is 42.4 Å². The fourth-order valence-corrected chi connectivity index (χ4v) is 4.06. The number of thiophene rings is 1. The van der Waals surface area contributed by atoms with Gasteiger partial charge in [-0.15, -0.1) is 23.7 Å². The van der Waals surface area contributed by atoms with E-state index < -0.39 is 6.04 Å². The number of carbonyl (C=O) groups excluding carboxylic acids is 2. The highest BCUT2D eigenvalue weighted by Gasteiger charge is 2.38. The van der Waals surface area contributed by atoms with E-state index in [4.69, 9.17) is 0 Å². The third-order valence-electron chi connectivity index (χ3n) is 4.28. The van der Waals surface area contributed by atoms with Crippen LogP contribution in [0.3, 0.4) is 0 Å². The van der Waals surface area contributed by atoms with Crippen molar-refractivity contribution in [3.63, 3.8) is 0 Å². The largest absolute Gasteiger partial charge is 0.352 e. The molecule has 3 rings (SSSR count). The fraction of sp³-hybridized carbons (Fsp3) is 0.600. The number of nitrogens with zero attached hydrogens (tertiary/aromatic N) is 1. The van der Waals surface area contributed by atoms with Gasteiger partial charge in [-0.3, -0.25) is 9.59 Å². The lowest BCUT2D eigenvalue weighted by molar-refractivity contribution is -0.147. The van der Waals surface area contributed by atoms with E-state index in [0.717, 1.165) is 24.3 Å². The molecule has 122 valence electrons. The summed E-state index contributed by atoms with van der Waals surface area (Å²) in [6.07, 6.45) is 1.71. The number of rotatable bonds is 2. The summed E-state index contributed by atoms with van der Waals surface area (Å²) in [5.74, 6) is 0.116. The first-order valence-electron chi connectivity index (χ1n) is 7.52. The summed E-state index contributed by atoms with van der Waals surface area (Å²) < 4.78 is 0. The first kappa shape index (κ1) is 17.2. The number of hydrogen-bond donors (Lipinski definition) is 2. The number of amides is 2. The third-order valence-corrected chi connectivity index (χ3v) is 5.21. The van der Waals surface area contributed by atoms with E-state index in [9.17, 15) is 9.59 Å². The molecule has 1 aromatic heterocycles. The van der Waals surface area contributed by atoms with Crippen molar-refractivity contribution < 1.29 is 9.59 Å². The zero-order valence-corrected chi connectivity index (χ0v) is 14.2. The molecule has 0 aromatic carbocycles. The normalized spacial score (nSPS) is 28.7. The highest BCUT2D eigenvalue weighted by molar-refractivity contribution is 7.10. The Morgan fingerprint density at radius 3 is 2.91 bits per heavy atom. The van der Waals surface area contributed by atoms with Crippen LogP contribution >= 0.6 is 23.7 Å².